The SMILES string of the molecule is C[C@@H]1CCC[C@H](C)N1C(=O)COC(=O)c1ccc([N+](=O)[O-])o1. The molecule has 1 amide bonds. The first-order valence-electron chi connectivity index (χ1n) is 7.12. The molecule has 22 heavy (non-hydrogen) atoms. The molecule has 0 radical (unpaired) electrons. The Balaban J connectivity index is 1.92. The first-order valence-corrected chi connectivity index (χ1v) is 7.12. The second kappa shape index (κ2) is 6.59. The van der Waals surface area contributed by atoms with E-state index in [2.05, 4.69) is 0 Å². The van der Waals surface area contributed by atoms with Crippen LogP contribution in [0.15, 0.2) is 16.5 Å². The number of nitro groups is 1. The zero-order valence-corrected chi connectivity index (χ0v) is 12.5. The summed E-state index contributed by atoms with van der Waals surface area (Å²) in [6, 6.07) is 2.43. The molecule has 0 spiro atoms. The second-order valence-corrected chi connectivity index (χ2v) is 5.40. The van der Waals surface area contributed by atoms with Crippen molar-refractivity contribution in [1.29, 1.82) is 0 Å². The molecule has 1 fully saturated rings. The van der Waals surface area contributed by atoms with Crippen LogP contribution < -0.4 is 0 Å². The van der Waals surface area contributed by atoms with Gasteiger partial charge in [-0.2, -0.15) is 0 Å². The van der Waals surface area contributed by atoms with E-state index in [1.807, 2.05) is 13.8 Å². The number of carbonyl (C=O) groups excluding carboxylic acids is 2. The summed E-state index contributed by atoms with van der Waals surface area (Å²) in [6.07, 6.45) is 2.92. The van der Waals surface area contributed by atoms with Crippen LogP contribution in [0.25, 0.3) is 0 Å². The van der Waals surface area contributed by atoms with Crippen LogP contribution in [0.5, 0.6) is 0 Å². The fourth-order valence-electron chi connectivity index (χ4n) is 2.72. The first kappa shape index (κ1) is 16.0. The smallest absolute Gasteiger partial charge is 0.433 e. The molecule has 8 heteroatoms. The van der Waals surface area contributed by atoms with Gasteiger partial charge in [0.25, 0.3) is 5.91 Å². The van der Waals surface area contributed by atoms with Gasteiger partial charge in [-0.25, -0.2) is 4.79 Å². The molecule has 2 atom stereocenters. The molecule has 0 unspecified atom stereocenters. The number of amides is 1. The predicted octanol–water partition coefficient (Wildman–Crippen LogP) is 2.13. The van der Waals surface area contributed by atoms with Crippen molar-refractivity contribution < 1.29 is 23.7 Å². The lowest BCUT2D eigenvalue weighted by Gasteiger charge is -2.38. The number of carbonyl (C=O) groups is 2. The molecule has 0 bridgehead atoms. The molecule has 0 N–H and O–H groups in total. The molecule has 8 nitrogen and oxygen atoms in total. The number of hydrogen-bond acceptors (Lipinski definition) is 6. The number of piperidine rings is 1. The quantitative estimate of drug-likeness (QED) is 0.479. The van der Waals surface area contributed by atoms with Gasteiger partial charge in [0, 0.05) is 12.1 Å². The van der Waals surface area contributed by atoms with Gasteiger partial charge >= 0.3 is 11.9 Å². The van der Waals surface area contributed by atoms with Crippen LogP contribution >= 0.6 is 0 Å². The Kier molecular flexibility index (Phi) is 4.79. The Morgan fingerprint density at radius 1 is 1.36 bits per heavy atom. The molecule has 2 heterocycles. The normalized spacial score (nSPS) is 21.5. The third-order valence-electron chi connectivity index (χ3n) is 3.78. The van der Waals surface area contributed by atoms with Gasteiger partial charge < -0.3 is 14.1 Å². The molecule has 1 aliphatic rings. The molecule has 1 aliphatic heterocycles. The van der Waals surface area contributed by atoms with Crippen molar-refractivity contribution in [1.82, 2.24) is 4.90 Å². The lowest BCUT2D eigenvalue weighted by Crippen LogP contribution is -2.49. The van der Waals surface area contributed by atoms with E-state index < -0.39 is 23.4 Å². The fourth-order valence-corrected chi connectivity index (χ4v) is 2.72. The Morgan fingerprint density at radius 2 is 2.00 bits per heavy atom. The molecular weight excluding hydrogens is 292 g/mol. The molecule has 1 saturated heterocycles. The predicted molar refractivity (Wildman–Crippen MR) is 75.3 cm³/mol. The number of furan rings is 1. The Hall–Kier alpha value is -2.38. The summed E-state index contributed by atoms with van der Waals surface area (Å²) in [5, 5.41) is 10.5. The van der Waals surface area contributed by atoms with Gasteiger partial charge in [0.15, 0.2) is 6.61 Å². The molecule has 120 valence electrons. The van der Waals surface area contributed by atoms with Crippen LogP contribution in [0.3, 0.4) is 0 Å². The Labute approximate surface area is 127 Å². The fraction of sp³-hybridized carbons (Fsp3) is 0.571. The average molecular weight is 310 g/mol. The largest absolute Gasteiger partial charge is 0.450 e. The van der Waals surface area contributed by atoms with Gasteiger partial charge in [0.1, 0.15) is 4.92 Å². The van der Waals surface area contributed by atoms with E-state index in [4.69, 9.17) is 9.15 Å². The zero-order chi connectivity index (χ0) is 16.3. The molecule has 2 rings (SSSR count). The molecule has 0 aliphatic carbocycles. The van der Waals surface area contributed by atoms with E-state index in [0.717, 1.165) is 31.4 Å². The van der Waals surface area contributed by atoms with Crippen molar-refractivity contribution in [2.75, 3.05) is 6.61 Å². The van der Waals surface area contributed by atoms with Crippen LogP contribution in [0.2, 0.25) is 0 Å². The zero-order valence-electron chi connectivity index (χ0n) is 12.5. The van der Waals surface area contributed by atoms with Crippen LogP contribution in [0, 0.1) is 10.1 Å². The van der Waals surface area contributed by atoms with Crippen LogP contribution in [-0.4, -0.2) is 40.4 Å². The van der Waals surface area contributed by atoms with Crippen LogP contribution in [-0.2, 0) is 9.53 Å². The number of rotatable bonds is 4. The minimum atomic E-state index is -0.890. The maximum absolute atomic E-state index is 12.2. The van der Waals surface area contributed by atoms with Crippen LogP contribution in [0.1, 0.15) is 43.7 Å². The van der Waals surface area contributed by atoms with E-state index in [1.54, 1.807) is 4.90 Å². The monoisotopic (exact) mass is 310 g/mol. The summed E-state index contributed by atoms with van der Waals surface area (Å²) in [5.41, 5.74) is 0. The van der Waals surface area contributed by atoms with Crippen molar-refractivity contribution in [3.05, 3.63) is 28.0 Å². The number of ether oxygens (including phenoxy) is 1. The average Bonchev–Trinajstić information content (AvgIpc) is 2.94. The Morgan fingerprint density at radius 3 is 2.55 bits per heavy atom. The summed E-state index contributed by atoms with van der Waals surface area (Å²) in [6.45, 7) is 3.53. The van der Waals surface area contributed by atoms with Crippen molar-refractivity contribution in [2.24, 2.45) is 0 Å². The van der Waals surface area contributed by atoms with E-state index in [9.17, 15) is 19.7 Å². The van der Waals surface area contributed by atoms with E-state index in [0.29, 0.717) is 0 Å². The highest BCUT2D eigenvalue weighted by Crippen LogP contribution is 2.22. The first-order chi connectivity index (χ1) is 10.4. The number of likely N-dealkylation sites (tertiary alicyclic amines) is 1. The molecule has 0 aromatic carbocycles. The van der Waals surface area contributed by atoms with Gasteiger partial charge in [-0.3, -0.25) is 14.9 Å². The van der Waals surface area contributed by atoms with Crippen molar-refractivity contribution >= 4 is 17.8 Å². The van der Waals surface area contributed by atoms with Crippen molar-refractivity contribution in [3.8, 4) is 0 Å². The highest BCUT2D eigenvalue weighted by molar-refractivity contribution is 5.89. The molecule has 0 saturated carbocycles. The summed E-state index contributed by atoms with van der Waals surface area (Å²) in [4.78, 5) is 35.4. The van der Waals surface area contributed by atoms with Crippen molar-refractivity contribution in [3.63, 3.8) is 0 Å². The van der Waals surface area contributed by atoms with E-state index >= 15 is 0 Å². The molecule has 1 aromatic rings. The minimum Gasteiger partial charge on any atom is -0.450 e. The third kappa shape index (κ3) is 3.44. The highest BCUT2D eigenvalue weighted by atomic mass is 16.7. The molecular formula is C14H18N2O6. The van der Waals surface area contributed by atoms with E-state index in [1.165, 1.54) is 0 Å². The van der Waals surface area contributed by atoms with Gasteiger partial charge in [-0.05, 0) is 39.2 Å². The summed E-state index contributed by atoms with van der Waals surface area (Å²) in [7, 11) is 0. The number of esters is 1. The maximum atomic E-state index is 12.2. The summed E-state index contributed by atoms with van der Waals surface area (Å²) in [5.74, 6) is -2.00. The second-order valence-electron chi connectivity index (χ2n) is 5.40. The van der Waals surface area contributed by atoms with Crippen LogP contribution in [0.4, 0.5) is 5.88 Å². The van der Waals surface area contributed by atoms with E-state index in [-0.39, 0.29) is 23.8 Å². The van der Waals surface area contributed by atoms with Gasteiger partial charge in [0.2, 0.25) is 5.76 Å². The maximum Gasteiger partial charge on any atom is 0.433 e. The standard InChI is InChI=1S/C14H18N2O6/c1-9-4-3-5-10(2)15(9)12(17)8-21-14(18)11-6-7-13(22-11)16(19)20/h6-7,9-10H,3-5,8H2,1-2H3/t9-,10+. The highest BCUT2D eigenvalue weighted by Gasteiger charge is 2.29. The summed E-state index contributed by atoms with van der Waals surface area (Å²) >= 11 is 0. The minimum absolute atomic E-state index is 0.111. The topological polar surface area (TPSA) is 103 Å². The van der Waals surface area contributed by atoms with Crippen molar-refractivity contribution in [2.45, 2.75) is 45.2 Å². The Bertz CT molecular complexity index is 572. The van der Waals surface area contributed by atoms with Gasteiger partial charge in [-0.1, -0.05) is 0 Å². The third-order valence-corrected chi connectivity index (χ3v) is 3.78. The summed E-state index contributed by atoms with van der Waals surface area (Å²) < 4.78 is 9.61. The number of hydrogen-bond donors (Lipinski definition) is 0. The lowest BCUT2D eigenvalue weighted by atomic mass is 9.97. The molecule has 1 aromatic heterocycles. The number of nitrogens with zero attached hydrogens (tertiary/aromatic N) is 2. The van der Waals surface area contributed by atoms with Gasteiger partial charge in [-0.15, -0.1) is 0 Å². The lowest BCUT2D eigenvalue weighted by molar-refractivity contribution is -0.402. The van der Waals surface area contributed by atoms with Gasteiger partial charge in [0.05, 0.1) is 6.07 Å².